The third kappa shape index (κ3) is 4.74. The van der Waals surface area contributed by atoms with Gasteiger partial charge in [0.2, 0.25) is 0 Å². The van der Waals surface area contributed by atoms with Crippen LogP contribution in [0, 0.1) is 12.7 Å². The Kier molecular flexibility index (Phi) is 6.32. The predicted molar refractivity (Wildman–Crippen MR) is 151 cm³/mol. The molecule has 0 fully saturated rings. The molecule has 0 aliphatic carbocycles. The molecule has 6 heteroatoms. The van der Waals surface area contributed by atoms with Crippen molar-refractivity contribution in [2.45, 2.75) is 40.2 Å². The number of aryl methyl sites for hydroxylation is 1. The van der Waals surface area contributed by atoms with Crippen molar-refractivity contribution in [3.63, 3.8) is 0 Å². The lowest BCUT2D eigenvalue weighted by Crippen LogP contribution is -2.28. The number of nitrogens with zero attached hydrogens (tertiary/aromatic N) is 3. The standard InChI is InChI=1S/C32H31FN4O/c1-20-12-13-34-21(2)28(16-23-4-8-27(33)9-5-23)32(20)37-14-15-38-31-11-7-24(17-26(31)19-37)25-6-10-29-30(18-25)36-22(3)35-29/h4-11,13,17-18H,12,14-16,19H2,1-3H3,(H,35,36). The number of H-pyrrole nitrogens is 1. The molecule has 0 saturated carbocycles. The highest BCUT2D eigenvalue weighted by Gasteiger charge is 2.24. The zero-order valence-corrected chi connectivity index (χ0v) is 22.0. The average Bonchev–Trinajstić information content (AvgIpc) is 3.07. The van der Waals surface area contributed by atoms with Crippen molar-refractivity contribution in [3.05, 3.63) is 106 Å². The average molecular weight is 507 g/mol. The van der Waals surface area contributed by atoms with E-state index in [-0.39, 0.29) is 5.82 Å². The summed E-state index contributed by atoms with van der Waals surface area (Å²) in [7, 11) is 0. The minimum absolute atomic E-state index is 0.218. The van der Waals surface area contributed by atoms with Crippen molar-refractivity contribution in [1.29, 1.82) is 0 Å². The summed E-state index contributed by atoms with van der Waals surface area (Å²) in [6.07, 6.45) is 3.49. The van der Waals surface area contributed by atoms with E-state index in [1.54, 1.807) is 0 Å². The van der Waals surface area contributed by atoms with Gasteiger partial charge in [0, 0.05) is 48.1 Å². The molecule has 3 aromatic carbocycles. The lowest BCUT2D eigenvalue weighted by molar-refractivity contribution is 0.264. The van der Waals surface area contributed by atoms with Crippen LogP contribution in [0.5, 0.6) is 5.75 Å². The second-order valence-corrected chi connectivity index (χ2v) is 10.2. The maximum atomic E-state index is 13.6. The maximum absolute atomic E-state index is 13.6. The van der Waals surface area contributed by atoms with Crippen molar-refractivity contribution in [2.75, 3.05) is 13.2 Å². The smallest absolute Gasteiger partial charge is 0.124 e. The van der Waals surface area contributed by atoms with Gasteiger partial charge in [0.1, 0.15) is 24.0 Å². The summed E-state index contributed by atoms with van der Waals surface area (Å²) < 4.78 is 19.8. The Labute approximate surface area is 222 Å². The summed E-state index contributed by atoms with van der Waals surface area (Å²) in [6.45, 7) is 8.35. The Morgan fingerprint density at radius 2 is 1.76 bits per heavy atom. The summed E-state index contributed by atoms with van der Waals surface area (Å²) >= 11 is 0. The van der Waals surface area contributed by atoms with Gasteiger partial charge in [-0.2, -0.15) is 0 Å². The molecule has 3 heterocycles. The SMILES string of the molecule is CC1=C(N2CCOc3ccc(-c4ccc5nc(C)[nH]c5c4)cc3C2)C(Cc2ccc(F)cc2)=C(C)N=CC1. The summed E-state index contributed by atoms with van der Waals surface area (Å²) in [5, 5.41) is 0. The van der Waals surface area contributed by atoms with Crippen LogP contribution in [0.1, 0.15) is 37.2 Å². The Morgan fingerprint density at radius 3 is 2.61 bits per heavy atom. The van der Waals surface area contributed by atoms with Crippen LogP contribution in [0.4, 0.5) is 4.39 Å². The topological polar surface area (TPSA) is 53.5 Å². The number of benzene rings is 3. The molecule has 5 nitrogen and oxygen atoms in total. The fourth-order valence-corrected chi connectivity index (χ4v) is 5.48. The van der Waals surface area contributed by atoms with Gasteiger partial charge in [-0.1, -0.05) is 24.3 Å². The van der Waals surface area contributed by atoms with Crippen LogP contribution in [0.25, 0.3) is 22.2 Å². The number of imidazole rings is 1. The first-order valence-corrected chi connectivity index (χ1v) is 13.1. The molecule has 1 N–H and O–H groups in total. The van der Waals surface area contributed by atoms with Gasteiger partial charge < -0.3 is 14.6 Å². The van der Waals surface area contributed by atoms with Crippen LogP contribution < -0.4 is 4.74 Å². The number of aliphatic imine (C=N–C) groups is 1. The number of rotatable bonds is 4. The first-order chi connectivity index (χ1) is 18.4. The summed E-state index contributed by atoms with van der Waals surface area (Å²) in [5.41, 5.74) is 11.2. The molecule has 4 aromatic rings. The second kappa shape index (κ2) is 9.93. The van der Waals surface area contributed by atoms with E-state index in [9.17, 15) is 4.39 Å². The van der Waals surface area contributed by atoms with Crippen molar-refractivity contribution in [1.82, 2.24) is 14.9 Å². The van der Waals surface area contributed by atoms with E-state index in [0.29, 0.717) is 13.0 Å². The Bertz CT molecular complexity index is 1610. The fraction of sp³-hybridized carbons (Fsp3) is 0.250. The van der Waals surface area contributed by atoms with Crippen LogP contribution in [0.2, 0.25) is 0 Å². The van der Waals surface area contributed by atoms with Crippen LogP contribution in [-0.2, 0) is 13.0 Å². The number of aromatic nitrogens is 2. The highest BCUT2D eigenvalue weighted by Crippen LogP contribution is 2.35. The number of hydrogen-bond acceptors (Lipinski definition) is 4. The van der Waals surface area contributed by atoms with Crippen molar-refractivity contribution in [3.8, 4) is 16.9 Å². The van der Waals surface area contributed by atoms with Gasteiger partial charge in [-0.3, -0.25) is 4.99 Å². The molecule has 2 aliphatic rings. The molecule has 0 amide bonds. The van der Waals surface area contributed by atoms with Crippen molar-refractivity contribution in [2.24, 2.45) is 4.99 Å². The third-order valence-corrected chi connectivity index (χ3v) is 7.39. The van der Waals surface area contributed by atoms with E-state index in [1.807, 2.05) is 25.3 Å². The number of nitrogens with one attached hydrogen (secondary N) is 1. The fourth-order valence-electron chi connectivity index (χ4n) is 5.48. The molecular weight excluding hydrogens is 475 g/mol. The highest BCUT2D eigenvalue weighted by molar-refractivity contribution is 5.82. The molecule has 0 radical (unpaired) electrons. The molecule has 2 aliphatic heterocycles. The molecule has 38 heavy (non-hydrogen) atoms. The molecule has 0 unspecified atom stereocenters. The molecule has 6 rings (SSSR count). The monoisotopic (exact) mass is 506 g/mol. The van der Waals surface area contributed by atoms with Gasteiger partial charge >= 0.3 is 0 Å². The van der Waals surface area contributed by atoms with Gasteiger partial charge in [-0.15, -0.1) is 0 Å². The van der Waals surface area contributed by atoms with E-state index in [0.717, 1.165) is 70.1 Å². The number of hydrogen-bond donors (Lipinski definition) is 1. The minimum Gasteiger partial charge on any atom is -0.491 e. The van der Waals surface area contributed by atoms with Crippen molar-refractivity contribution < 1.29 is 9.13 Å². The molecule has 0 atom stereocenters. The first kappa shape index (κ1) is 24.2. The number of fused-ring (bicyclic) bond motifs is 2. The zero-order valence-electron chi connectivity index (χ0n) is 22.0. The Hall–Kier alpha value is -4.19. The number of ether oxygens (including phenoxy) is 1. The van der Waals surface area contributed by atoms with Gasteiger partial charge in [-0.05, 0) is 79.4 Å². The van der Waals surface area contributed by atoms with Gasteiger partial charge in [0.25, 0.3) is 0 Å². The quantitative estimate of drug-likeness (QED) is 0.320. The number of allylic oxidation sites excluding steroid dienone is 3. The molecular formula is C32H31FN4O. The van der Waals surface area contributed by atoms with E-state index in [1.165, 1.54) is 29.0 Å². The van der Waals surface area contributed by atoms with Crippen LogP contribution in [0.3, 0.4) is 0 Å². The van der Waals surface area contributed by atoms with E-state index < -0.39 is 0 Å². The van der Waals surface area contributed by atoms with E-state index >= 15 is 0 Å². The number of halogens is 1. The predicted octanol–water partition coefficient (Wildman–Crippen LogP) is 7.14. The van der Waals surface area contributed by atoms with Crippen LogP contribution in [0.15, 0.2) is 88.2 Å². The highest BCUT2D eigenvalue weighted by atomic mass is 19.1. The molecule has 0 bridgehead atoms. The molecule has 1 aromatic heterocycles. The van der Waals surface area contributed by atoms with Crippen LogP contribution in [-0.4, -0.2) is 34.2 Å². The largest absolute Gasteiger partial charge is 0.491 e. The van der Waals surface area contributed by atoms with Gasteiger partial charge in [0.05, 0.1) is 17.6 Å². The zero-order chi connectivity index (χ0) is 26.2. The third-order valence-electron chi connectivity index (χ3n) is 7.39. The lowest BCUT2D eigenvalue weighted by Gasteiger charge is -2.29. The van der Waals surface area contributed by atoms with Crippen LogP contribution >= 0.6 is 0 Å². The van der Waals surface area contributed by atoms with Gasteiger partial charge in [-0.25, -0.2) is 9.37 Å². The van der Waals surface area contributed by atoms with E-state index in [4.69, 9.17) is 9.73 Å². The second-order valence-electron chi connectivity index (χ2n) is 10.2. The van der Waals surface area contributed by atoms with E-state index in [2.05, 4.69) is 65.1 Å². The Morgan fingerprint density at radius 1 is 0.974 bits per heavy atom. The molecule has 0 spiro atoms. The van der Waals surface area contributed by atoms with Gasteiger partial charge in [0.15, 0.2) is 0 Å². The summed E-state index contributed by atoms with van der Waals surface area (Å²) in [4.78, 5) is 15.0. The lowest BCUT2D eigenvalue weighted by atomic mass is 9.96. The molecule has 0 saturated heterocycles. The van der Waals surface area contributed by atoms with Crippen molar-refractivity contribution >= 4 is 17.2 Å². The maximum Gasteiger partial charge on any atom is 0.124 e. The summed E-state index contributed by atoms with van der Waals surface area (Å²) in [6, 6.07) is 19.6. The molecule has 192 valence electrons. The minimum atomic E-state index is -0.218. The number of aromatic amines is 1. The summed E-state index contributed by atoms with van der Waals surface area (Å²) in [5.74, 6) is 1.63. The normalized spacial score (nSPS) is 15.9. The first-order valence-electron chi connectivity index (χ1n) is 13.1. The Balaban J connectivity index is 1.35.